The molecule has 2 N–H and O–H groups in total. The summed E-state index contributed by atoms with van der Waals surface area (Å²) in [7, 11) is 1.56. The molecule has 1 fully saturated rings. The van der Waals surface area contributed by atoms with E-state index in [4.69, 9.17) is 13.9 Å². The van der Waals surface area contributed by atoms with Crippen LogP contribution in [0.3, 0.4) is 0 Å². The van der Waals surface area contributed by atoms with E-state index in [1.54, 1.807) is 25.2 Å². The Morgan fingerprint density at radius 3 is 2.61 bits per heavy atom. The Morgan fingerprint density at radius 1 is 1.03 bits per heavy atom. The molecular formula is C24H23N5O4. The molecule has 0 atom stereocenters. The van der Waals surface area contributed by atoms with Gasteiger partial charge in [-0.1, -0.05) is 0 Å². The predicted molar refractivity (Wildman–Crippen MR) is 123 cm³/mol. The van der Waals surface area contributed by atoms with Gasteiger partial charge in [-0.05, 0) is 42.5 Å². The number of hydrogen-bond acceptors (Lipinski definition) is 8. The van der Waals surface area contributed by atoms with Crippen LogP contribution in [0, 0.1) is 0 Å². The van der Waals surface area contributed by atoms with Crippen LogP contribution in [-0.4, -0.2) is 54.2 Å². The number of carbonyl (C=O) groups excluding carboxylic acids is 1. The molecule has 1 aliphatic heterocycles. The smallest absolute Gasteiger partial charge is 0.269 e. The van der Waals surface area contributed by atoms with Crippen molar-refractivity contribution >= 4 is 22.7 Å². The van der Waals surface area contributed by atoms with E-state index in [2.05, 4.69) is 25.7 Å². The maximum Gasteiger partial charge on any atom is 0.269 e. The number of amides is 1. The molecule has 0 aliphatic carbocycles. The zero-order valence-electron chi connectivity index (χ0n) is 18.1. The minimum atomic E-state index is -0.276. The van der Waals surface area contributed by atoms with Crippen molar-refractivity contribution in [3.8, 4) is 23.0 Å². The third-order valence-corrected chi connectivity index (χ3v) is 5.22. The number of hydrogen-bond donors (Lipinski definition) is 2. The van der Waals surface area contributed by atoms with Gasteiger partial charge in [0.2, 0.25) is 5.89 Å². The highest BCUT2D eigenvalue weighted by atomic mass is 16.5. The number of nitrogens with one attached hydrogen (secondary N) is 2. The van der Waals surface area contributed by atoms with Crippen molar-refractivity contribution in [2.75, 3.05) is 38.8 Å². The van der Waals surface area contributed by atoms with Gasteiger partial charge in [-0.25, -0.2) is 9.99 Å². The van der Waals surface area contributed by atoms with Gasteiger partial charge in [0.1, 0.15) is 22.7 Å². The van der Waals surface area contributed by atoms with E-state index in [9.17, 15) is 4.79 Å². The zero-order valence-corrected chi connectivity index (χ0v) is 18.1. The summed E-state index contributed by atoms with van der Waals surface area (Å²) in [5, 5.41) is 4.69. The third-order valence-electron chi connectivity index (χ3n) is 5.22. The van der Waals surface area contributed by atoms with Crippen LogP contribution in [0.1, 0.15) is 10.5 Å². The van der Waals surface area contributed by atoms with Gasteiger partial charge >= 0.3 is 0 Å². The number of anilines is 1. The van der Waals surface area contributed by atoms with E-state index in [0.29, 0.717) is 23.0 Å². The topological polar surface area (TPSA) is 102 Å². The number of nitrogens with zero attached hydrogens (tertiary/aromatic N) is 3. The van der Waals surface area contributed by atoms with Gasteiger partial charge in [0.25, 0.3) is 5.91 Å². The average Bonchev–Trinajstić information content (AvgIpc) is 3.28. The first-order valence-corrected chi connectivity index (χ1v) is 10.6. The van der Waals surface area contributed by atoms with Crippen LogP contribution in [-0.2, 0) is 4.74 Å². The number of aromatic nitrogens is 2. The lowest BCUT2D eigenvalue weighted by molar-refractivity contribution is 0.0497. The molecule has 33 heavy (non-hydrogen) atoms. The lowest BCUT2D eigenvalue weighted by atomic mass is 10.2. The molecule has 1 aliphatic rings. The molecule has 0 bridgehead atoms. The molecule has 2 aromatic carbocycles. The van der Waals surface area contributed by atoms with E-state index < -0.39 is 0 Å². The lowest BCUT2D eigenvalue weighted by Gasteiger charge is -2.27. The molecule has 2 aromatic heterocycles. The van der Waals surface area contributed by atoms with E-state index in [1.807, 2.05) is 36.4 Å². The average molecular weight is 445 g/mol. The van der Waals surface area contributed by atoms with E-state index in [0.717, 1.165) is 43.1 Å². The van der Waals surface area contributed by atoms with Gasteiger partial charge in [-0.2, -0.15) is 0 Å². The summed E-state index contributed by atoms with van der Waals surface area (Å²) in [4.78, 5) is 20.4. The van der Waals surface area contributed by atoms with Gasteiger partial charge in [0, 0.05) is 49.7 Å². The summed E-state index contributed by atoms with van der Waals surface area (Å²) < 4.78 is 17.3. The fraction of sp³-hybridized carbons (Fsp3) is 0.208. The standard InChI is InChI=1S/C24H23N5O4/c1-25-23(30)21-14-19(8-9-26-21)32-18-6-7-20-22(15-18)33-24(27-20)16-2-4-17(5-3-16)28-29-10-12-31-13-11-29/h2-9,14-15,28H,10-13H2,1H3,(H,25,30). The Balaban J connectivity index is 1.31. The Hall–Kier alpha value is -3.95. The highest BCUT2D eigenvalue weighted by Gasteiger charge is 2.13. The molecule has 9 nitrogen and oxygen atoms in total. The monoisotopic (exact) mass is 445 g/mol. The first-order chi connectivity index (χ1) is 16.2. The van der Waals surface area contributed by atoms with Crippen molar-refractivity contribution in [3.05, 3.63) is 66.5 Å². The largest absolute Gasteiger partial charge is 0.457 e. The molecule has 3 heterocycles. The molecule has 0 spiro atoms. The molecule has 4 aromatic rings. The Kier molecular flexibility index (Phi) is 5.88. The van der Waals surface area contributed by atoms with Crippen molar-refractivity contribution in [2.24, 2.45) is 0 Å². The third kappa shape index (κ3) is 4.79. The highest BCUT2D eigenvalue weighted by Crippen LogP contribution is 2.30. The molecule has 0 radical (unpaired) electrons. The van der Waals surface area contributed by atoms with Crippen molar-refractivity contribution in [3.63, 3.8) is 0 Å². The van der Waals surface area contributed by atoms with Crippen LogP contribution in [0.25, 0.3) is 22.6 Å². The van der Waals surface area contributed by atoms with Crippen molar-refractivity contribution in [1.29, 1.82) is 0 Å². The van der Waals surface area contributed by atoms with Crippen LogP contribution in [0.2, 0.25) is 0 Å². The van der Waals surface area contributed by atoms with Crippen LogP contribution >= 0.6 is 0 Å². The van der Waals surface area contributed by atoms with E-state index in [1.165, 1.54) is 6.20 Å². The number of fused-ring (bicyclic) bond motifs is 1. The van der Waals surface area contributed by atoms with Gasteiger partial charge in [0.15, 0.2) is 5.58 Å². The molecule has 168 valence electrons. The molecular weight excluding hydrogens is 422 g/mol. The molecule has 0 unspecified atom stereocenters. The summed E-state index contributed by atoms with van der Waals surface area (Å²) >= 11 is 0. The van der Waals surface area contributed by atoms with Crippen molar-refractivity contribution in [2.45, 2.75) is 0 Å². The minimum absolute atomic E-state index is 0.276. The Bertz CT molecular complexity index is 1270. The van der Waals surface area contributed by atoms with Crippen LogP contribution in [0.5, 0.6) is 11.5 Å². The van der Waals surface area contributed by atoms with Crippen LogP contribution in [0.4, 0.5) is 5.69 Å². The predicted octanol–water partition coefficient (Wildman–Crippen LogP) is 3.70. The van der Waals surface area contributed by atoms with Gasteiger partial charge in [-0.3, -0.25) is 9.78 Å². The normalized spacial score (nSPS) is 14.2. The van der Waals surface area contributed by atoms with Crippen molar-refractivity contribution in [1.82, 2.24) is 20.3 Å². The molecule has 0 saturated carbocycles. The fourth-order valence-corrected chi connectivity index (χ4v) is 3.50. The molecule has 1 amide bonds. The summed E-state index contributed by atoms with van der Waals surface area (Å²) in [5.74, 6) is 1.34. The quantitative estimate of drug-likeness (QED) is 0.463. The Morgan fingerprint density at radius 2 is 1.82 bits per heavy atom. The summed E-state index contributed by atoms with van der Waals surface area (Å²) in [6, 6.07) is 16.7. The van der Waals surface area contributed by atoms with E-state index in [-0.39, 0.29) is 11.6 Å². The zero-order chi connectivity index (χ0) is 22.6. The van der Waals surface area contributed by atoms with Crippen LogP contribution < -0.4 is 15.5 Å². The van der Waals surface area contributed by atoms with Gasteiger partial charge in [0.05, 0.1) is 13.2 Å². The summed E-state index contributed by atoms with van der Waals surface area (Å²) in [5.41, 5.74) is 6.89. The number of rotatable bonds is 6. The minimum Gasteiger partial charge on any atom is -0.457 e. The van der Waals surface area contributed by atoms with Gasteiger partial charge < -0.3 is 24.6 Å². The number of benzene rings is 2. The molecule has 1 saturated heterocycles. The number of carbonyl (C=O) groups is 1. The SMILES string of the molecule is CNC(=O)c1cc(Oc2ccc3nc(-c4ccc(NN5CCOCC5)cc4)oc3c2)ccn1. The van der Waals surface area contributed by atoms with Crippen molar-refractivity contribution < 1.29 is 18.7 Å². The second kappa shape index (κ2) is 9.27. The molecule has 5 rings (SSSR count). The maximum atomic E-state index is 11.8. The number of oxazole rings is 1. The lowest BCUT2D eigenvalue weighted by Crippen LogP contribution is -2.40. The maximum absolute atomic E-state index is 11.8. The number of morpholine rings is 1. The Labute approximate surface area is 190 Å². The number of ether oxygens (including phenoxy) is 2. The summed E-state index contributed by atoms with van der Waals surface area (Å²) in [6.07, 6.45) is 1.53. The second-order valence-electron chi connectivity index (χ2n) is 7.50. The number of hydrazine groups is 1. The highest BCUT2D eigenvalue weighted by molar-refractivity contribution is 5.92. The second-order valence-corrected chi connectivity index (χ2v) is 7.50. The first kappa shape index (κ1) is 20.9. The molecule has 9 heteroatoms. The van der Waals surface area contributed by atoms with Gasteiger partial charge in [-0.15, -0.1) is 0 Å². The van der Waals surface area contributed by atoms with E-state index >= 15 is 0 Å². The first-order valence-electron chi connectivity index (χ1n) is 10.6. The van der Waals surface area contributed by atoms with Crippen LogP contribution in [0.15, 0.2) is 65.2 Å². The summed E-state index contributed by atoms with van der Waals surface area (Å²) in [6.45, 7) is 3.17. The fourth-order valence-electron chi connectivity index (χ4n) is 3.50. The number of pyridine rings is 1.